The number of rotatable bonds is 6. The fourth-order valence-electron chi connectivity index (χ4n) is 2.60. The van der Waals surface area contributed by atoms with Gasteiger partial charge in [-0.15, -0.1) is 0 Å². The minimum Gasteiger partial charge on any atom is -0.465 e. The zero-order valence-electron chi connectivity index (χ0n) is 15.9. The van der Waals surface area contributed by atoms with E-state index in [0.717, 1.165) is 16.1 Å². The average molecular weight is 425 g/mol. The number of esters is 1. The SMILES string of the molecule is COC(=O)c1ccc(Cl)c(NC(=O)[C@@H](C)N(c2ccc(C)cc2)S(C)(=O)=O)c1. The van der Waals surface area contributed by atoms with Gasteiger partial charge in [0.05, 0.1) is 35.3 Å². The first-order valence-corrected chi connectivity index (χ1v) is 10.5. The molecule has 1 amide bonds. The van der Waals surface area contributed by atoms with Crippen LogP contribution in [-0.4, -0.2) is 39.7 Å². The number of methoxy groups -OCH3 is 1. The fraction of sp³-hybridized carbons (Fsp3) is 0.263. The molecule has 1 atom stereocenters. The van der Waals surface area contributed by atoms with E-state index in [1.165, 1.54) is 32.2 Å². The van der Waals surface area contributed by atoms with Crippen molar-refractivity contribution in [1.82, 2.24) is 0 Å². The van der Waals surface area contributed by atoms with Crippen LogP contribution < -0.4 is 9.62 Å². The van der Waals surface area contributed by atoms with Crippen LogP contribution in [0.1, 0.15) is 22.8 Å². The summed E-state index contributed by atoms with van der Waals surface area (Å²) in [5, 5.41) is 2.78. The number of carbonyl (C=O) groups excluding carboxylic acids is 2. The maximum atomic E-state index is 12.8. The molecule has 0 aliphatic rings. The summed E-state index contributed by atoms with van der Waals surface area (Å²) in [6.07, 6.45) is 1.03. The summed E-state index contributed by atoms with van der Waals surface area (Å²) in [6.45, 7) is 3.34. The predicted octanol–water partition coefficient (Wildman–Crippen LogP) is 3.23. The summed E-state index contributed by atoms with van der Waals surface area (Å²) in [6, 6.07) is 10.00. The molecule has 1 N–H and O–H groups in total. The minimum atomic E-state index is -3.74. The molecule has 9 heteroatoms. The molecule has 0 radical (unpaired) electrons. The molecule has 0 aliphatic heterocycles. The largest absolute Gasteiger partial charge is 0.465 e. The number of sulfonamides is 1. The maximum absolute atomic E-state index is 12.8. The third-order valence-electron chi connectivity index (χ3n) is 4.02. The topological polar surface area (TPSA) is 92.8 Å². The van der Waals surface area contributed by atoms with Crippen LogP contribution in [0.5, 0.6) is 0 Å². The second-order valence-electron chi connectivity index (χ2n) is 6.25. The Hall–Kier alpha value is -2.58. The monoisotopic (exact) mass is 424 g/mol. The molecule has 0 saturated heterocycles. The van der Waals surface area contributed by atoms with E-state index in [2.05, 4.69) is 10.1 Å². The van der Waals surface area contributed by atoms with E-state index in [0.29, 0.717) is 5.69 Å². The Labute approximate surface area is 169 Å². The number of hydrogen-bond acceptors (Lipinski definition) is 5. The summed E-state index contributed by atoms with van der Waals surface area (Å²) in [5.74, 6) is -1.19. The second kappa shape index (κ2) is 8.62. The van der Waals surface area contributed by atoms with Gasteiger partial charge in [-0.2, -0.15) is 0 Å². The van der Waals surface area contributed by atoms with E-state index in [1.807, 2.05) is 6.92 Å². The molecule has 0 heterocycles. The third kappa shape index (κ3) is 5.02. The summed E-state index contributed by atoms with van der Waals surface area (Å²) >= 11 is 6.10. The van der Waals surface area contributed by atoms with E-state index in [-0.39, 0.29) is 16.3 Å². The molecule has 0 unspecified atom stereocenters. The van der Waals surface area contributed by atoms with Crippen LogP contribution in [0.15, 0.2) is 42.5 Å². The molecule has 28 heavy (non-hydrogen) atoms. The van der Waals surface area contributed by atoms with Crippen molar-refractivity contribution in [2.45, 2.75) is 19.9 Å². The Morgan fingerprint density at radius 3 is 2.29 bits per heavy atom. The quantitative estimate of drug-likeness (QED) is 0.718. The number of benzene rings is 2. The van der Waals surface area contributed by atoms with Crippen molar-refractivity contribution in [1.29, 1.82) is 0 Å². The highest BCUT2D eigenvalue weighted by Crippen LogP contribution is 2.26. The van der Waals surface area contributed by atoms with Crippen molar-refractivity contribution in [2.75, 3.05) is 23.0 Å². The van der Waals surface area contributed by atoms with Crippen molar-refractivity contribution in [3.05, 3.63) is 58.6 Å². The molecule has 0 fully saturated rings. The van der Waals surface area contributed by atoms with Crippen LogP contribution in [0.3, 0.4) is 0 Å². The van der Waals surface area contributed by atoms with E-state index in [4.69, 9.17) is 11.6 Å². The van der Waals surface area contributed by atoms with Gasteiger partial charge in [0, 0.05) is 0 Å². The second-order valence-corrected chi connectivity index (χ2v) is 8.51. The van der Waals surface area contributed by atoms with Crippen molar-refractivity contribution < 1.29 is 22.7 Å². The van der Waals surface area contributed by atoms with Crippen LogP contribution in [-0.2, 0) is 19.6 Å². The van der Waals surface area contributed by atoms with E-state index >= 15 is 0 Å². The van der Waals surface area contributed by atoms with Gasteiger partial charge in [-0.1, -0.05) is 29.3 Å². The van der Waals surface area contributed by atoms with Gasteiger partial charge in [0.15, 0.2) is 0 Å². The van der Waals surface area contributed by atoms with Crippen molar-refractivity contribution in [3.8, 4) is 0 Å². The Balaban J connectivity index is 2.34. The molecule has 2 aromatic carbocycles. The van der Waals surface area contributed by atoms with Gasteiger partial charge < -0.3 is 10.1 Å². The number of amides is 1. The first kappa shape index (κ1) is 21.7. The smallest absolute Gasteiger partial charge is 0.337 e. The van der Waals surface area contributed by atoms with Crippen LogP contribution >= 0.6 is 11.6 Å². The summed E-state index contributed by atoms with van der Waals surface area (Å²) in [5.41, 5.74) is 1.71. The Kier molecular flexibility index (Phi) is 6.69. The molecule has 0 saturated carbocycles. The number of halogens is 1. The fourth-order valence-corrected chi connectivity index (χ4v) is 3.94. The van der Waals surface area contributed by atoms with Crippen LogP contribution in [0.25, 0.3) is 0 Å². The van der Waals surface area contributed by atoms with Gasteiger partial charge in [-0.25, -0.2) is 13.2 Å². The number of hydrogen-bond donors (Lipinski definition) is 1. The zero-order valence-corrected chi connectivity index (χ0v) is 17.5. The maximum Gasteiger partial charge on any atom is 0.337 e. The number of ether oxygens (including phenoxy) is 1. The standard InChI is InChI=1S/C19H21ClN2O5S/c1-12-5-8-15(9-6-12)22(28(4,25)26)13(2)18(23)21-17-11-14(19(24)27-3)7-10-16(17)20/h5-11,13H,1-4H3,(H,21,23)/t13-/m1/s1. The van der Waals surface area contributed by atoms with Gasteiger partial charge in [0.25, 0.3) is 0 Å². The van der Waals surface area contributed by atoms with Gasteiger partial charge in [0.1, 0.15) is 6.04 Å². The van der Waals surface area contributed by atoms with E-state index < -0.39 is 27.9 Å². The van der Waals surface area contributed by atoms with Crippen LogP contribution in [0, 0.1) is 6.92 Å². The highest BCUT2D eigenvalue weighted by Gasteiger charge is 2.29. The van der Waals surface area contributed by atoms with Gasteiger partial charge in [-0.3, -0.25) is 9.10 Å². The average Bonchev–Trinajstić information content (AvgIpc) is 2.63. The molecule has 7 nitrogen and oxygen atoms in total. The minimum absolute atomic E-state index is 0.179. The summed E-state index contributed by atoms with van der Waals surface area (Å²) in [7, 11) is -2.50. The number of anilines is 2. The molecule has 0 bridgehead atoms. The lowest BCUT2D eigenvalue weighted by atomic mass is 10.2. The van der Waals surface area contributed by atoms with Crippen LogP contribution in [0.4, 0.5) is 11.4 Å². The lowest BCUT2D eigenvalue weighted by molar-refractivity contribution is -0.116. The zero-order chi connectivity index (χ0) is 21.1. The van der Waals surface area contributed by atoms with Gasteiger partial charge in [0.2, 0.25) is 15.9 Å². The van der Waals surface area contributed by atoms with Gasteiger partial charge >= 0.3 is 5.97 Å². The molecular weight excluding hydrogens is 404 g/mol. The third-order valence-corrected chi connectivity index (χ3v) is 5.59. The highest BCUT2D eigenvalue weighted by atomic mass is 35.5. The molecular formula is C19H21ClN2O5S. The van der Waals surface area contributed by atoms with Crippen molar-refractivity contribution >= 4 is 44.9 Å². The number of aryl methyl sites for hydroxylation is 1. The number of nitrogens with zero attached hydrogens (tertiary/aromatic N) is 1. The Bertz CT molecular complexity index is 990. The van der Waals surface area contributed by atoms with Crippen molar-refractivity contribution in [2.24, 2.45) is 0 Å². The Morgan fingerprint density at radius 2 is 1.75 bits per heavy atom. The molecule has 0 aromatic heterocycles. The van der Waals surface area contributed by atoms with Gasteiger partial charge in [-0.05, 0) is 44.2 Å². The van der Waals surface area contributed by atoms with E-state index in [1.54, 1.807) is 24.3 Å². The highest BCUT2D eigenvalue weighted by molar-refractivity contribution is 7.92. The van der Waals surface area contributed by atoms with E-state index in [9.17, 15) is 18.0 Å². The summed E-state index contributed by atoms with van der Waals surface area (Å²) < 4.78 is 30.3. The van der Waals surface area contributed by atoms with Crippen LogP contribution in [0.2, 0.25) is 5.02 Å². The molecule has 0 spiro atoms. The first-order valence-electron chi connectivity index (χ1n) is 8.29. The number of carbonyl (C=O) groups is 2. The first-order chi connectivity index (χ1) is 13.0. The molecule has 2 rings (SSSR count). The molecule has 2 aromatic rings. The lowest BCUT2D eigenvalue weighted by Crippen LogP contribution is -2.45. The number of nitrogens with one attached hydrogen (secondary N) is 1. The summed E-state index contributed by atoms with van der Waals surface area (Å²) in [4.78, 5) is 24.4. The molecule has 150 valence electrons. The lowest BCUT2D eigenvalue weighted by Gasteiger charge is -2.28. The predicted molar refractivity (Wildman–Crippen MR) is 109 cm³/mol. The Morgan fingerprint density at radius 1 is 1.14 bits per heavy atom. The normalized spacial score (nSPS) is 12.2. The molecule has 0 aliphatic carbocycles. The van der Waals surface area contributed by atoms with Crippen molar-refractivity contribution in [3.63, 3.8) is 0 Å².